The molecule has 0 unspecified atom stereocenters. The first kappa shape index (κ1) is 25.4. The molecule has 0 atom stereocenters. The lowest BCUT2D eigenvalue weighted by Gasteiger charge is -2.16. The summed E-state index contributed by atoms with van der Waals surface area (Å²) in [5.74, 6) is -0.962. The lowest BCUT2D eigenvalue weighted by molar-refractivity contribution is -0.123. The van der Waals surface area contributed by atoms with E-state index in [4.69, 9.17) is 9.47 Å². The second-order valence-corrected chi connectivity index (χ2v) is 8.22. The Labute approximate surface area is 212 Å². The SMILES string of the molecule is COc1ccccc1NC(=O)CC(=O)Nc1ccc(Oc2ccnc(NC(=O)N3CCCC3)c2)c(F)c1. The van der Waals surface area contributed by atoms with Crippen molar-refractivity contribution in [3.8, 4) is 17.2 Å². The van der Waals surface area contributed by atoms with Gasteiger partial charge in [0.2, 0.25) is 11.8 Å². The number of ether oxygens (including phenoxy) is 2. The third kappa shape index (κ3) is 6.94. The van der Waals surface area contributed by atoms with Crippen molar-refractivity contribution in [2.24, 2.45) is 0 Å². The summed E-state index contributed by atoms with van der Waals surface area (Å²) in [5.41, 5.74) is 0.596. The van der Waals surface area contributed by atoms with E-state index >= 15 is 0 Å². The molecule has 2 heterocycles. The van der Waals surface area contributed by atoms with E-state index in [-0.39, 0.29) is 29.0 Å². The van der Waals surface area contributed by atoms with Crippen LogP contribution in [0, 0.1) is 5.82 Å². The van der Waals surface area contributed by atoms with Gasteiger partial charge in [0, 0.05) is 37.1 Å². The summed E-state index contributed by atoms with van der Waals surface area (Å²) in [5, 5.41) is 7.80. The van der Waals surface area contributed by atoms with Crippen molar-refractivity contribution in [1.82, 2.24) is 9.88 Å². The lowest BCUT2D eigenvalue weighted by atomic mass is 10.2. The minimum absolute atomic E-state index is 0.0880. The molecule has 10 nitrogen and oxygen atoms in total. The molecule has 3 N–H and O–H groups in total. The fourth-order valence-corrected chi connectivity index (χ4v) is 3.73. The molecule has 1 aromatic heterocycles. The number of benzene rings is 2. The highest BCUT2D eigenvalue weighted by atomic mass is 19.1. The minimum atomic E-state index is -0.726. The summed E-state index contributed by atoms with van der Waals surface area (Å²) in [6.07, 6.45) is 2.91. The van der Waals surface area contributed by atoms with Crippen molar-refractivity contribution < 1.29 is 28.2 Å². The third-order valence-corrected chi connectivity index (χ3v) is 5.51. The molecule has 1 aliphatic heterocycles. The Morgan fingerprint density at radius 1 is 0.946 bits per heavy atom. The zero-order chi connectivity index (χ0) is 26.2. The number of anilines is 3. The number of para-hydroxylation sites is 2. The quantitative estimate of drug-likeness (QED) is 0.383. The maximum atomic E-state index is 14.7. The molecule has 0 bridgehead atoms. The number of rotatable bonds is 8. The Bertz CT molecular complexity index is 1300. The number of amides is 4. The number of nitrogens with one attached hydrogen (secondary N) is 3. The standard InChI is InChI=1S/C26H26FN5O5/c1-36-22-7-3-2-6-20(22)30-25(34)16-24(33)29-17-8-9-21(19(27)14-17)37-18-10-11-28-23(15-18)31-26(35)32-12-4-5-13-32/h2-3,6-11,14-15H,4-5,12-13,16H2,1H3,(H,29,33)(H,30,34)(H,28,31,35). The van der Waals surface area contributed by atoms with Gasteiger partial charge in [-0.25, -0.2) is 14.2 Å². The molecule has 0 radical (unpaired) electrons. The highest BCUT2D eigenvalue weighted by molar-refractivity contribution is 6.08. The van der Waals surface area contributed by atoms with Gasteiger partial charge in [0.25, 0.3) is 0 Å². The van der Waals surface area contributed by atoms with E-state index in [1.54, 1.807) is 29.2 Å². The Kier molecular flexibility index (Phi) is 8.14. The fourth-order valence-electron chi connectivity index (χ4n) is 3.73. The van der Waals surface area contributed by atoms with Crippen molar-refractivity contribution in [1.29, 1.82) is 0 Å². The number of carbonyl (C=O) groups is 3. The van der Waals surface area contributed by atoms with Crippen molar-refractivity contribution in [3.63, 3.8) is 0 Å². The molecule has 4 amide bonds. The molecule has 0 aliphatic carbocycles. The molecule has 1 saturated heterocycles. The molecular weight excluding hydrogens is 481 g/mol. The van der Waals surface area contributed by atoms with Crippen LogP contribution in [0.25, 0.3) is 0 Å². The first-order chi connectivity index (χ1) is 17.9. The van der Waals surface area contributed by atoms with Crippen LogP contribution in [0.5, 0.6) is 17.2 Å². The summed E-state index contributed by atoms with van der Waals surface area (Å²) in [7, 11) is 1.47. The number of hydrogen-bond donors (Lipinski definition) is 3. The van der Waals surface area contributed by atoms with Gasteiger partial charge in [-0.2, -0.15) is 0 Å². The number of pyridine rings is 1. The Balaban J connectivity index is 1.32. The van der Waals surface area contributed by atoms with Gasteiger partial charge in [-0.1, -0.05) is 12.1 Å². The van der Waals surface area contributed by atoms with Crippen LogP contribution < -0.4 is 25.4 Å². The van der Waals surface area contributed by atoms with Gasteiger partial charge in [-0.3, -0.25) is 14.9 Å². The van der Waals surface area contributed by atoms with E-state index in [1.807, 2.05) is 0 Å². The van der Waals surface area contributed by atoms with Gasteiger partial charge < -0.3 is 25.0 Å². The molecule has 3 aromatic rings. The third-order valence-electron chi connectivity index (χ3n) is 5.51. The van der Waals surface area contributed by atoms with Gasteiger partial charge in [-0.15, -0.1) is 0 Å². The summed E-state index contributed by atoms with van der Waals surface area (Å²) < 4.78 is 25.4. The predicted octanol–water partition coefficient (Wildman–Crippen LogP) is 4.62. The van der Waals surface area contributed by atoms with Gasteiger partial charge in [0.15, 0.2) is 11.6 Å². The topological polar surface area (TPSA) is 122 Å². The number of nitrogens with zero attached hydrogens (tertiary/aromatic N) is 2. The first-order valence-electron chi connectivity index (χ1n) is 11.6. The molecule has 4 rings (SSSR count). The molecule has 37 heavy (non-hydrogen) atoms. The van der Waals surface area contributed by atoms with Crippen molar-refractivity contribution in [2.45, 2.75) is 19.3 Å². The Morgan fingerprint density at radius 2 is 1.70 bits per heavy atom. The fraction of sp³-hybridized carbons (Fsp3) is 0.231. The van der Waals surface area contributed by atoms with Crippen LogP contribution >= 0.6 is 0 Å². The number of aromatic nitrogens is 1. The summed E-state index contributed by atoms with van der Waals surface area (Å²) in [6.45, 7) is 1.39. The number of halogens is 1. The monoisotopic (exact) mass is 507 g/mol. The average molecular weight is 508 g/mol. The Hall–Kier alpha value is -4.67. The van der Waals surface area contributed by atoms with Gasteiger partial charge in [0.1, 0.15) is 23.7 Å². The second kappa shape index (κ2) is 11.8. The molecule has 1 aliphatic rings. The van der Waals surface area contributed by atoms with E-state index in [2.05, 4.69) is 20.9 Å². The van der Waals surface area contributed by atoms with Crippen molar-refractivity contribution in [3.05, 3.63) is 66.6 Å². The van der Waals surface area contributed by atoms with Crippen LogP contribution in [0.15, 0.2) is 60.8 Å². The largest absolute Gasteiger partial charge is 0.495 e. The molecule has 11 heteroatoms. The minimum Gasteiger partial charge on any atom is -0.495 e. The van der Waals surface area contributed by atoms with Crippen LogP contribution in [-0.2, 0) is 9.59 Å². The van der Waals surface area contributed by atoms with E-state index < -0.39 is 24.1 Å². The summed E-state index contributed by atoms with van der Waals surface area (Å²) in [4.78, 5) is 42.6. The van der Waals surface area contributed by atoms with E-state index in [0.717, 1.165) is 18.9 Å². The molecule has 0 spiro atoms. The van der Waals surface area contributed by atoms with Gasteiger partial charge in [0.05, 0.1) is 12.8 Å². The zero-order valence-electron chi connectivity index (χ0n) is 20.1. The smallest absolute Gasteiger partial charge is 0.323 e. The van der Waals surface area contributed by atoms with Crippen LogP contribution in [0.3, 0.4) is 0 Å². The van der Waals surface area contributed by atoms with Crippen molar-refractivity contribution in [2.75, 3.05) is 36.1 Å². The van der Waals surface area contributed by atoms with E-state index in [9.17, 15) is 18.8 Å². The van der Waals surface area contributed by atoms with Crippen LogP contribution in [0.4, 0.5) is 26.4 Å². The molecule has 0 saturated carbocycles. The number of hydrogen-bond acceptors (Lipinski definition) is 6. The van der Waals surface area contributed by atoms with Crippen LogP contribution in [0.2, 0.25) is 0 Å². The number of urea groups is 1. The van der Waals surface area contributed by atoms with E-state index in [1.165, 1.54) is 37.6 Å². The zero-order valence-corrected chi connectivity index (χ0v) is 20.1. The number of carbonyl (C=O) groups excluding carboxylic acids is 3. The first-order valence-corrected chi connectivity index (χ1v) is 11.6. The lowest BCUT2D eigenvalue weighted by Crippen LogP contribution is -2.32. The second-order valence-electron chi connectivity index (χ2n) is 8.22. The molecule has 1 fully saturated rings. The van der Waals surface area contributed by atoms with Gasteiger partial charge in [-0.05, 0) is 43.2 Å². The number of methoxy groups -OCH3 is 1. The maximum Gasteiger partial charge on any atom is 0.323 e. The summed E-state index contributed by atoms with van der Waals surface area (Å²) >= 11 is 0. The van der Waals surface area contributed by atoms with Crippen molar-refractivity contribution >= 4 is 35.0 Å². The summed E-state index contributed by atoms with van der Waals surface area (Å²) in [6, 6.07) is 13.5. The van der Waals surface area contributed by atoms with E-state index in [0.29, 0.717) is 24.5 Å². The predicted molar refractivity (Wildman–Crippen MR) is 135 cm³/mol. The van der Waals surface area contributed by atoms with Gasteiger partial charge >= 0.3 is 6.03 Å². The average Bonchev–Trinajstić information content (AvgIpc) is 3.41. The molecule has 192 valence electrons. The Morgan fingerprint density at radius 3 is 2.46 bits per heavy atom. The van der Waals surface area contributed by atoms with Crippen LogP contribution in [-0.4, -0.2) is 47.9 Å². The highest BCUT2D eigenvalue weighted by Crippen LogP contribution is 2.28. The molecule has 2 aromatic carbocycles. The number of likely N-dealkylation sites (tertiary alicyclic amines) is 1. The maximum absolute atomic E-state index is 14.7. The normalized spacial score (nSPS) is 12.5. The highest BCUT2D eigenvalue weighted by Gasteiger charge is 2.18. The van der Waals surface area contributed by atoms with Crippen LogP contribution in [0.1, 0.15) is 19.3 Å². The molecular formula is C26H26FN5O5.